The lowest BCUT2D eigenvalue weighted by Crippen LogP contribution is -2.38. The monoisotopic (exact) mass is 397 g/mol. The molecule has 9 heteroatoms. The average Bonchev–Trinajstić information content (AvgIpc) is 3.04. The van der Waals surface area contributed by atoms with Crippen molar-refractivity contribution in [3.63, 3.8) is 0 Å². The molecule has 1 saturated heterocycles. The summed E-state index contributed by atoms with van der Waals surface area (Å²) >= 11 is 5.69. The van der Waals surface area contributed by atoms with E-state index in [1.54, 1.807) is 29.3 Å². The van der Waals surface area contributed by atoms with Crippen LogP contribution in [-0.4, -0.2) is 48.7 Å². The Kier molecular flexibility index (Phi) is 5.62. The highest BCUT2D eigenvalue weighted by atomic mass is 35.5. The molecular formula is C17H20ClN3O4S. The molecule has 2 aromatic heterocycles. The van der Waals surface area contributed by atoms with E-state index in [0.717, 1.165) is 0 Å². The highest BCUT2D eigenvalue weighted by molar-refractivity contribution is 7.90. The second-order valence-electron chi connectivity index (χ2n) is 6.43. The molecule has 3 rings (SSSR count). The minimum absolute atomic E-state index is 0.0399. The Morgan fingerprint density at radius 1 is 1.38 bits per heavy atom. The molecule has 0 aromatic carbocycles. The van der Waals surface area contributed by atoms with E-state index in [9.17, 15) is 13.2 Å². The van der Waals surface area contributed by atoms with E-state index in [4.69, 9.17) is 16.1 Å². The first kappa shape index (κ1) is 18.8. The van der Waals surface area contributed by atoms with E-state index in [1.165, 1.54) is 6.26 Å². The Morgan fingerprint density at radius 2 is 2.12 bits per heavy atom. The molecule has 0 bridgehead atoms. The van der Waals surface area contributed by atoms with Gasteiger partial charge in [0.25, 0.3) is 0 Å². The third-order valence-corrected chi connectivity index (χ3v) is 5.87. The number of pyridine rings is 1. The minimum atomic E-state index is -3.32. The van der Waals surface area contributed by atoms with E-state index in [2.05, 4.69) is 10.1 Å². The van der Waals surface area contributed by atoms with E-state index in [1.807, 2.05) is 0 Å². The molecule has 2 aromatic rings. The molecule has 0 N–H and O–H groups in total. The second-order valence-corrected chi connectivity index (χ2v) is 8.80. The van der Waals surface area contributed by atoms with Gasteiger partial charge in [-0.3, -0.25) is 9.78 Å². The number of carbonyl (C=O) groups is 1. The Morgan fingerprint density at radius 3 is 2.73 bits per heavy atom. The number of rotatable bonds is 5. The normalized spacial score (nSPS) is 16.0. The number of hydrogen-bond acceptors (Lipinski definition) is 6. The van der Waals surface area contributed by atoms with Crippen LogP contribution in [0.15, 0.2) is 33.8 Å². The number of carbonyl (C=O) groups excluding carboxylic acids is 1. The van der Waals surface area contributed by atoms with Crippen molar-refractivity contribution in [3.8, 4) is 0 Å². The lowest BCUT2D eigenvalue weighted by atomic mass is 9.92. The molecule has 3 heterocycles. The summed E-state index contributed by atoms with van der Waals surface area (Å²) in [6, 6.07) is 4.83. The van der Waals surface area contributed by atoms with Crippen LogP contribution in [0.2, 0.25) is 5.15 Å². The average molecular weight is 398 g/mol. The van der Waals surface area contributed by atoms with Gasteiger partial charge >= 0.3 is 0 Å². The van der Waals surface area contributed by atoms with Gasteiger partial charge in [0.05, 0.1) is 10.6 Å². The van der Waals surface area contributed by atoms with Crippen molar-refractivity contribution < 1.29 is 17.7 Å². The molecule has 1 aliphatic rings. The number of piperidine rings is 1. The Labute approximate surface area is 157 Å². The maximum absolute atomic E-state index is 12.4. The summed E-state index contributed by atoms with van der Waals surface area (Å²) in [5.74, 6) is 0.669. The van der Waals surface area contributed by atoms with Crippen LogP contribution < -0.4 is 0 Å². The van der Waals surface area contributed by atoms with Crippen molar-refractivity contribution >= 4 is 27.3 Å². The maximum atomic E-state index is 12.4. The number of halogens is 1. The summed E-state index contributed by atoms with van der Waals surface area (Å²) in [6.45, 7) is 1.17. The van der Waals surface area contributed by atoms with E-state index < -0.39 is 9.84 Å². The Balaban J connectivity index is 1.58. The zero-order valence-electron chi connectivity index (χ0n) is 14.4. The van der Waals surface area contributed by atoms with Crippen molar-refractivity contribution in [2.45, 2.75) is 36.5 Å². The molecule has 0 atom stereocenters. The van der Waals surface area contributed by atoms with Crippen LogP contribution in [0.3, 0.4) is 0 Å². The van der Waals surface area contributed by atoms with Crippen LogP contribution in [-0.2, 0) is 21.1 Å². The van der Waals surface area contributed by atoms with Gasteiger partial charge in [-0.25, -0.2) is 8.42 Å². The molecule has 1 fully saturated rings. The summed E-state index contributed by atoms with van der Waals surface area (Å²) in [4.78, 5) is 18.8. The lowest BCUT2D eigenvalue weighted by molar-refractivity contribution is -0.132. The van der Waals surface area contributed by atoms with Gasteiger partial charge in [-0.1, -0.05) is 16.8 Å². The zero-order chi connectivity index (χ0) is 18.7. The standard InChI is InChI=1S/C17H20ClN3O4S/c1-26(23,24)14-3-2-8-19-17(14)12-6-9-21(10-7-12)16(22)5-4-13-11-15(18)20-25-13/h2-3,8,11-12H,4-7,9-10H2,1H3. The van der Waals surface area contributed by atoms with Gasteiger partial charge in [0.2, 0.25) is 5.91 Å². The highest BCUT2D eigenvalue weighted by Crippen LogP contribution is 2.31. The Hall–Kier alpha value is -1.93. The maximum Gasteiger partial charge on any atom is 0.223 e. The molecule has 0 saturated carbocycles. The fourth-order valence-electron chi connectivity index (χ4n) is 3.22. The van der Waals surface area contributed by atoms with Gasteiger partial charge in [0.1, 0.15) is 5.76 Å². The summed E-state index contributed by atoms with van der Waals surface area (Å²) in [7, 11) is -3.32. The predicted octanol–water partition coefficient (Wildman–Crippen LogP) is 2.47. The molecule has 1 aliphatic heterocycles. The second kappa shape index (κ2) is 7.75. The molecule has 0 radical (unpaired) electrons. The Bertz CT molecular complexity index is 889. The molecular weight excluding hydrogens is 378 g/mol. The van der Waals surface area contributed by atoms with E-state index in [-0.39, 0.29) is 21.9 Å². The highest BCUT2D eigenvalue weighted by Gasteiger charge is 2.28. The van der Waals surface area contributed by atoms with Crippen molar-refractivity contribution in [1.82, 2.24) is 15.0 Å². The van der Waals surface area contributed by atoms with E-state index in [0.29, 0.717) is 50.2 Å². The molecule has 7 nitrogen and oxygen atoms in total. The molecule has 0 unspecified atom stereocenters. The predicted molar refractivity (Wildman–Crippen MR) is 95.7 cm³/mol. The molecule has 140 valence electrons. The van der Waals surface area contributed by atoms with Gasteiger partial charge < -0.3 is 9.42 Å². The van der Waals surface area contributed by atoms with Crippen LogP contribution in [0, 0.1) is 0 Å². The summed E-state index contributed by atoms with van der Waals surface area (Å²) in [6.07, 6.45) is 4.98. The molecule has 26 heavy (non-hydrogen) atoms. The molecule has 1 amide bonds. The SMILES string of the molecule is CS(=O)(=O)c1cccnc1C1CCN(C(=O)CCc2cc(Cl)no2)CC1. The number of amides is 1. The van der Waals surface area contributed by atoms with Gasteiger partial charge in [-0.15, -0.1) is 0 Å². The molecule has 0 aliphatic carbocycles. The fourth-order valence-corrected chi connectivity index (χ4v) is 4.30. The number of likely N-dealkylation sites (tertiary alicyclic amines) is 1. The van der Waals surface area contributed by atoms with Crippen LogP contribution in [0.5, 0.6) is 0 Å². The number of hydrogen-bond donors (Lipinski definition) is 0. The summed E-state index contributed by atoms with van der Waals surface area (Å²) in [5, 5.41) is 3.87. The van der Waals surface area contributed by atoms with Crippen LogP contribution in [0.25, 0.3) is 0 Å². The topological polar surface area (TPSA) is 93.4 Å². The van der Waals surface area contributed by atoms with Crippen molar-refractivity contribution in [1.29, 1.82) is 0 Å². The van der Waals surface area contributed by atoms with E-state index >= 15 is 0 Å². The largest absolute Gasteiger partial charge is 0.360 e. The van der Waals surface area contributed by atoms with Gasteiger partial charge in [-0.2, -0.15) is 0 Å². The minimum Gasteiger partial charge on any atom is -0.360 e. The third kappa shape index (κ3) is 4.42. The lowest BCUT2D eigenvalue weighted by Gasteiger charge is -2.32. The van der Waals surface area contributed by atoms with Crippen molar-refractivity contribution in [2.24, 2.45) is 0 Å². The first-order valence-electron chi connectivity index (χ1n) is 8.38. The van der Waals surface area contributed by atoms with Gasteiger partial charge in [-0.05, 0) is 25.0 Å². The quantitative estimate of drug-likeness (QED) is 0.769. The number of sulfone groups is 1. The van der Waals surface area contributed by atoms with Gasteiger partial charge in [0.15, 0.2) is 15.0 Å². The van der Waals surface area contributed by atoms with Crippen molar-refractivity contribution in [3.05, 3.63) is 41.0 Å². The molecule has 0 spiro atoms. The zero-order valence-corrected chi connectivity index (χ0v) is 16.0. The van der Waals surface area contributed by atoms with Crippen LogP contribution in [0.4, 0.5) is 0 Å². The number of nitrogens with zero attached hydrogens (tertiary/aromatic N) is 3. The first-order chi connectivity index (χ1) is 12.3. The number of aromatic nitrogens is 2. The fraction of sp³-hybridized carbons (Fsp3) is 0.471. The van der Waals surface area contributed by atoms with Crippen molar-refractivity contribution in [2.75, 3.05) is 19.3 Å². The van der Waals surface area contributed by atoms with Crippen LogP contribution in [0.1, 0.15) is 36.6 Å². The summed E-state index contributed by atoms with van der Waals surface area (Å²) in [5.41, 5.74) is 0.610. The number of aryl methyl sites for hydroxylation is 1. The van der Waals surface area contributed by atoms with Gasteiger partial charge in [0, 0.05) is 50.4 Å². The smallest absolute Gasteiger partial charge is 0.223 e. The summed E-state index contributed by atoms with van der Waals surface area (Å²) < 4.78 is 28.9. The van der Waals surface area contributed by atoms with Crippen LogP contribution >= 0.6 is 11.6 Å². The first-order valence-corrected chi connectivity index (χ1v) is 10.7. The third-order valence-electron chi connectivity index (χ3n) is 4.55.